The Bertz CT molecular complexity index is 632. The van der Waals surface area contributed by atoms with E-state index in [9.17, 15) is 9.18 Å². The number of carboxylic acids is 1. The zero-order chi connectivity index (χ0) is 13.4. The van der Waals surface area contributed by atoms with Crippen molar-refractivity contribution in [2.75, 3.05) is 0 Å². The van der Waals surface area contributed by atoms with Crippen molar-refractivity contribution < 1.29 is 14.3 Å². The minimum absolute atomic E-state index is 0.263. The van der Waals surface area contributed by atoms with Gasteiger partial charge in [0.15, 0.2) is 0 Å². The first-order valence-electron chi connectivity index (χ1n) is 6.18. The molecule has 19 heavy (non-hydrogen) atoms. The zero-order valence-electron chi connectivity index (χ0n) is 10.2. The van der Waals surface area contributed by atoms with Crippen LogP contribution in [-0.4, -0.2) is 20.9 Å². The van der Waals surface area contributed by atoms with Crippen molar-refractivity contribution in [3.8, 4) is 0 Å². The number of hydrogen-bond donors (Lipinski definition) is 1. The summed E-state index contributed by atoms with van der Waals surface area (Å²) >= 11 is 0. The molecule has 1 aromatic heterocycles. The number of halogens is 1. The van der Waals surface area contributed by atoms with Gasteiger partial charge in [0.1, 0.15) is 11.4 Å². The summed E-state index contributed by atoms with van der Waals surface area (Å²) in [5, 5.41) is 13.3. The average Bonchev–Trinajstić information content (AvgIpc) is 3.11. The number of aromatic carboxylic acids is 1. The standard InChI is InChI=1S/C14H13FN2O2/c15-11-3-1-2-9(6-11)8-17-13(10-4-5-10)12(7-16-17)14(18)19/h1-3,6-7,10H,4-5,8H2,(H,18,19). The summed E-state index contributed by atoms with van der Waals surface area (Å²) in [5.41, 5.74) is 1.80. The van der Waals surface area contributed by atoms with Gasteiger partial charge in [-0.2, -0.15) is 5.10 Å². The fourth-order valence-electron chi connectivity index (χ4n) is 2.28. The van der Waals surface area contributed by atoms with Gasteiger partial charge in [0.25, 0.3) is 0 Å². The van der Waals surface area contributed by atoms with Gasteiger partial charge in [0.2, 0.25) is 0 Å². The third-order valence-electron chi connectivity index (χ3n) is 3.30. The fourth-order valence-corrected chi connectivity index (χ4v) is 2.28. The second-order valence-electron chi connectivity index (χ2n) is 4.81. The quantitative estimate of drug-likeness (QED) is 0.919. The van der Waals surface area contributed by atoms with E-state index in [1.807, 2.05) is 6.07 Å². The van der Waals surface area contributed by atoms with Gasteiger partial charge in [-0.1, -0.05) is 12.1 Å². The van der Waals surface area contributed by atoms with Crippen molar-refractivity contribution in [2.24, 2.45) is 0 Å². The second-order valence-corrected chi connectivity index (χ2v) is 4.81. The van der Waals surface area contributed by atoms with Gasteiger partial charge in [-0.05, 0) is 30.5 Å². The highest BCUT2D eigenvalue weighted by Crippen LogP contribution is 2.41. The molecular formula is C14H13FN2O2. The Morgan fingerprint density at radius 3 is 2.89 bits per heavy atom. The average molecular weight is 260 g/mol. The van der Waals surface area contributed by atoms with Gasteiger partial charge in [0.05, 0.1) is 18.4 Å². The number of rotatable bonds is 4. The molecule has 98 valence electrons. The smallest absolute Gasteiger partial charge is 0.339 e. The molecule has 0 amide bonds. The number of benzene rings is 1. The van der Waals surface area contributed by atoms with Crippen LogP contribution in [0.15, 0.2) is 30.5 Å². The Morgan fingerprint density at radius 1 is 1.47 bits per heavy atom. The van der Waals surface area contributed by atoms with E-state index in [-0.39, 0.29) is 17.3 Å². The normalized spacial score (nSPS) is 14.6. The summed E-state index contributed by atoms with van der Waals surface area (Å²) < 4.78 is 14.8. The largest absolute Gasteiger partial charge is 0.478 e. The van der Waals surface area contributed by atoms with Gasteiger partial charge in [-0.3, -0.25) is 4.68 Å². The SMILES string of the molecule is O=C(O)c1cnn(Cc2cccc(F)c2)c1C1CC1. The number of carbonyl (C=O) groups is 1. The van der Waals surface area contributed by atoms with Crippen LogP contribution in [-0.2, 0) is 6.54 Å². The molecule has 0 spiro atoms. The van der Waals surface area contributed by atoms with Crippen molar-refractivity contribution in [3.05, 3.63) is 53.1 Å². The van der Waals surface area contributed by atoms with Gasteiger partial charge >= 0.3 is 5.97 Å². The summed E-state index contributed by atoms with van der Waals surface area (Å²) in [5.74, 6) is -0.967. The molecule has 0 atom stereocenters. The highest BCUT2D eigenvalue weighted by atomic mass is 19.1. The van der Waals surface area contributed by atoms with Gasteiger partial charge in [0, 0.05) is 5.92 Å². The van der Waals surface area contributed by atoms with Crippen LogP contribution in [0.2, 0.25) is 0 Å². The molecule has 0 bridgehead atoms. The minimum Gasteiger partial charge on any atom is -0.478 e. The first-order chi connectivity index (χ1) is 9.15. The van der Waals surface area contributed by atoms with Crippen molar-refractivity contribution in [2.45, 2.75) is 25.3 Å². The summed E-state index contributed by atoms with van der Waals surface area (Å²) in [7, 11) is 0. The lowest BCUT2D eigenvalue weighted by Crippen LogP contribution is -2.08. The van der Waals surface area contributed by atoms with Crippen molar-refractivity contribution in [1.29, 1.82) is 0 Å². The highest BCUT2D eigenvalue weighted by Gasteiger charge is 2.32. The molecule has 5 heteroatoms. The maximum absolute atomic E-state index is 13.2. The monoisotopic (exact) mass is 260 g/mol. The third-order valence-corrected chi connectivity index (χ3v) is 3.30. The highest BCUT2D eigenvalue weighted by molar-refractivity contribution is 5.89. The molecule has 0 unspecified atom stereocenters. The molecule has 1 heterocycles. The van der Waals surface area contributed by atoms with Crippen molar-refractivity contribution in [3.63, 3.8) is 0 Å². The Kier molecular flexibility index (Phi) is 2.81. The van der Waals surface area contributed by atoms with E-state index in [1.54, 1.807) is 10.7 Å². The molecule has 1 fully saturated rings. The fraction of sp³-hybridized carbons (Fsp3) is 0.286. The van der Waals surface area contributed by atoms with Crippen molar-refractivity contribution in [1.82, 2.24) is 9.78 Å². The number of aromatic nitrogens is 2. The molecule has 1 N–H and O–H groups in total. The van der Waals surface area contributed by atoms with Crippen LogP contribution in [0.5, 0.6) is 0 Å². The van der Waals surface area contributed by atoms with E-state index in [1.165, 1.54) is 18.3 Å². The van der Waals surface area contributed by atoms with E-state index in [4.69, 9.17) is 5.11 Å². The first kappa shape index (κ1) is 11.9. The van der Waals surface area contributed by atoms with E-state index < -0.39 is 5.97 Å². The van der Waals surface area contributed by atoms with Crippen LogP contribution in [0, 0.1) is 5.82 Å². The Balaban J connectivity index is 1.94. The molecule has 2 aromatic rings. The van der Waals surface area contributed by atoms with E-state index in [2.05, 4.69) is 5.10 Å². The molecule has 4 nitrogen and oxygen atoms in total. The molecule has 1 saturated carbocycles. The summed E-state index contributed by atoms with van der Waals surface area (Å²) in [6, 6.07) is 6.28. The number of nitrogens with zero attached hydrogens (tertiary/aromatic N) is 2. The molecule has 3 rings (SSSR count). The van der Waals surface area contributed by atoms with Crippen LogP contribution in [0.3, 0.4) is 0 Å². The van der Waals surface area contributed by atoms with E-state index in [0.29, 0.717) is 6.54 Å². The molecule has 0 radical (unpaired) electrons. The summed E-state index contributed by atoms with van der Waals surface area (Å²) in [4.78, 5) is 11.2. The third kappa shape index (κ3) is 2.36. The molecule has 1 aliphatic carbocycles. The summed E-state index contributed by atoms with van der Waals surface area (Å²) in [6.07, 6.45) is 3.37. The lowest BCUT2D eigenvalue weighted by molar-refractivity contribution is 0.0695. The lowest BCUT2D eigenvalue weighted by Gasteiger charge is -2.08. The van der Waals surface area contributed by atoms with E-state index in [0.717, 1.165) is 24.1 Å². The Morgan fingerprint density at radius 2 is 2.26 bits per heavy atom. The minimum atomic E-state index is -0.951. The number of hydrogen-bond acceptors (Lipinski definition) is 2. The molecule has 0 aliphatic heterocycles. The first-order valence-corrected chi connectivity index (χ1v) is 6.18. The zero-order valence-corrected chi connectivity index (χ0v) is 10.2. The predicted molar refractivity (Wildman–Crippen MR) is 66.7 cm³/mol. The maximum atomic E-state index is 13.2. The van der Waals surface area contributed by atoms with Crippen LogP contribution in [0.25, 0.3) is 0 Å². The van der Waals surface area contributed by atoms with Gasteiger partial charge in [-0.15, -0.1) is 0 Å². The van der Waals surface area contributed by atoms with E-state index >= 15 is 0 Å². The predicted octanol–water partition coefficient (Wildman–Crippen LogP) is 2.65. The lowest BCUT2D eigenvalue weighted by atomic mass is 10.1. The molecule has 1 aliphatic rings. The number of carboxylic acid groups (broad SMARTS) is 1. The Labute approximate surface area is 109 Å². The van der Waals surface area contributed by atoms with Crippen LogP contribution < -0.4 is 0 Å². The van der Waals surface area contributed by atoms with Gasteiger partial charge < -0.3 is 5.11 Å². The molecular weight excluding hydrogens is 247 g/mol. The van der Waals surface area contributed by atoms with Gasteiger partial charge in [-0.25, -0.2) is 9.18 Å². The summed E-state index contributed by atoms with van der Waals surface area (Å²) in [6.45, 7) is 0.400. The second kappa shape index (κ2) is 4.50. The van der Waals surface area contributed by atoms with Crippen LogP contribution >= 0.6 is 0 Å². The maximum Gasteiger partial charge on any atom is 0.339 e. The van der Waals surface area contributed by atoms with Crippen LogP contribution in [0.4, 0.5) is 4.39 Å². The molecule has 0 saturated heterocycles. The molecule has 1 aromatic carbocycles. The van der Waals surface area contributed by atoms with Crippen LogP contribution in [0.1, 0.15) is 40.4 Å². The van der Waals surface area contributed by atoms with Crippen molar-refractivity contribution >= 4 is 5.97 Å². The topological polar surface area (TPSA) is 55.1 Å². The Hall–Kier alpha value is -2.17.